The topological polar surface area (TPSA) is 105 Å². The first-order valence-electron chi connectivity index (χ1n) is 8.67. The number of pyridine rings is 1. The Kier molecular flexibility index (Phi) is 6.65. The van der Waals surface area contributed by atoms with Crippen molar-refractivity contribution in [2.45, 2.75) is 12.6 Å². The van der Waals surface area contributed by atoms with Crippen LogP contribution in [0.4, 0.5) is 0 Å². The largest absolute Gasteiger partial charge is 0.493 e. The summed E-state index contributed by atoms with van der Waals surface area (Å²) in [6, 6.07) is 7.29. The number of fused-ring (bicyclic) bond motifs is 1. The number of nitrogens with one attached hydrogen (secondary N) is 1. The number of aromatic nitrogens is 1. The molecule has 0 radical (unpaired) electrons. The molecule has 1 aromatic heterocycles. The summed E-state index contributed by atoms with van der Waals surface area (Å²) in [5.74, 6) is 2.11. The highest BCUT2D eigenvalue weighted by Gasteiger charge is 2.27. The van der Waals surface area contributed by atoms with Gasteiger partial charge in [-0.05, 0) is 30.0 Å². The number of ether oxygens (including phenoxy) is 4. The molecule has 1 aromatic carbocycles. The molecule has 10 heteroatoms. The summed E-state index contributed by atoms with van der Waals surface area (Å²) in [7, 11) is 3.11. The zero-order valence-electron chi connectivity index (χ0n) is 16.2. The van der Waals surface area contributed by atoms with Gasteiger partial charge in [-0.15, -0.1) is 11.8 Å². The highest BCUT2D eigenvalue weighted by atomic mass is 32.2. The number of methoxy groups -OCH3 is 2. The summed E-state index contributed by atoms with van der Waals surface area (Å²) in [5.41, 5.74) is 1.70. The quantitative estimate of drug-likeness (QED) is 0.510. The molecule has 154 valence electrons. The molecule has 0 amide bonds. The number of rotatable bonds is 8. The van der Waals surface area contributed by atoms with Gasteiger partial charge in [-0.1, -0.05) is 0 Å². The molecule has 1 aliphatic heterocycles. The normalized spacial score (nSPS) is 15.6. The molecule has 0 spiro atoms. The number of thioether (sulfide) groups is 1. The van der Waals surface area contributed by atoms with Crippen LogP contribution in [-0.4, -0.2) is 37.0 Å². The van der Waals surface area contributed by atoms with Crippen LogP contribution >= 0.6 is 11.8 Å². The van der Waals surface area contributed by atoms with E-state index in [2.05, 4.69) is 10.3 Å². The van der Waals surface area contributed by atoms with E-state index < -0.39 is 4.92 Å². The van der Waals surface area contributed by atoms with Crippen LogP contribution in [0, 0.1) is 10.1 Å². The van der Waals surface area contributed by atoms with Crippen molar-refractivity contribution in [2.75, 3.05) is 27.1 Å². The molecular formula is C19H21N3O6S. The molecule has 1 atom stereocenters. The Morgan fingerprint density at radius 3 is 2.86 bits per heavy atom. The summed E-state index contributed by atoms with van der Waals surface area (Å²) in [4.78, 5) is 14.4. The molecule has 0 fully saturated rings. The minimum Gasteiger partial charge on any atom is -0.493 e. The Bertz CT molecular complexity index is 886. The molecule has 1 aliphatic rings. The fourth-order valence-corrected chi connectivity index (χ4v) is 3.18. The van der Waals surface area contributed by atoms with Crippen molar-refractivity contribution in [1.29, 1.82) is 0 Å². The maximum atomic E-state index is 10.7. The van der Waals surface area contributed by atoms with Crippen LogP contribution in [0.3, 0.4) is 0 Å². The fourth-order valence-electron chi connectivity index (χ4n) is 2.77. The molecule has 0 saturated carbocycles. The van der Waals surface area contributed by atoms with Gasteiger partial charge in [0.1, 0.15) is 11.6 Å². The Balaban J connectivity index is 1.77. The number of nitrogens with zero attached hydrogens (tertiary/aromatic N) is 2. The van der Waals surface area contributed by atoms with Gasteiger partial charge in [-0.3, -0.25) is 10.1 Å². The SMILES string of the molecule is COc1ccc(C2COc3cc(CN/C(=C/[N+](=O)[O-])SC)cc(OC)c3O2)cn1. The van der Waals surface area contributed by atoms with Gasteiger partial charge in [0.15, 0.2) is 17.6 Å². The Morgan fingerprint density at radius 1 is 1.41 bits per heavy atom. The lowest BCUT2D eigenvalue weighted by molar-refractivity contribution is -0.403. The maximum absolute atomic E-state index is 10.7. The first-order valence-corrected chi connectivity index (χ1v) is 9.90. The van der Waals surface area contributed by atoms with Crippen LogP contribution in [0.25, 0.3) is 0 Å². The van der Waals surface area contributed by atoms with Gasteiger partial charge in [0.25, 0.3) is 6.20 Å². The summed E-state index contributed by atoms with van der Waals surface area (Å²) < 4.78 is 22.6. The third-order valence-electron chi connectivity index (χ3n) is 4.20. The van der Waals surface area contributed by atoms with Crippen LogP contribution in [0.15, 0.2) is 41.7 Å². The Labute approximate surface area is 172 Å². The molecule has 1 unspecified atom stereocenters. The summed E-state index contributed by atoms with van der Waals surface area (Å²) in [6.45, 7) is 0.692. The second-order valence-corrected chi connectivity index (χ2v) is 6.86. The van der Waals surface area contributed by atoms with E-state index >= 15 is 0 Å². The number of nitro groups is 1. The van der Waals surface area contributed by atoms with Crippen molar-refractivity contribution in [2.24, 2.45) is 0 Å². The average Bonchev–Trinajstić information content (AvgIpc) is 2.75. The van der Waals surface area contributed by atoms with Gasteiger partial charge >= 0.3 is 0 Å². The number of benzene rings is 1. The van der Waals surface area contributed by atoms with E-state index in [-0.39, 0.29) is 6.10 Å². The maximum Gasteiger partial charge on any atom is 0.263 e. The van der Waals surface area contributed by atoms with Crippen LogP contribution in [0.2, 0.25) is 0 Å². The first-order chi connectivity index (χ1) is 14.0. The summed E-state index contributed by atoms with van der Waals surface area (Å²) in [6.07, 6.45) is 4.06. The van der Waals surface area contributed by atoms with E-state index in [0.29, 0.717) is 41.3 Å². The van der Waals surface area contributed by atoms with Gasteiger partial charge in [0.2, 0.25) is 11.6 Å². The van der Waals surface area contributed by atoms with Crippen molar-refractivity contribution in [3.05, 3.63) is 62.9 Å². The molecule has 2 heterocycles. The van der Waals surface area contributed by atoms with Crippen molar-refractivity contribution in [3.8, 4) is 23.1 Å². The van der Waals surface area contributed by atoms with E-state index in [1.165, 1.54) is 11.8 Å². The predicted octanol–water partition coefficient (Wildman–Crippen LogP) is 3.14. The van der Waals surface area contributed by atoms with Crippen molar-refractivity contribution in [3.63, 3.8) is 0 Å². The van der Waals surface area contributed by atoms with Gasteiger partial charge in [-0.2, -0.15) is 0 Å². The molecule has 0 saturated heterocycles. The number of hydrogen-bond acceptors (Lipinski definition) is 9. The van der Waals surface area contributed by atoms with Crippen molar-refractivity contribution < 1.29 is 23.9 Å². The average molecular weight is 419 g/mol. The molecule has 0 bridgehead atoms. The van der Waals surface area contributed by atoms with E-state index in [9.17, 15) is 10.1 Å². The Morgan fingerprint density at radius 2 is 2.24 bits per heavy atom. The predicted molar refractivity (Wildman–Crippen MR) is 108 cm³/mol. The lowest BCUT2D eigenvalue weighted by atomic mass is 10.1. The highest BCUT2D eigenvalue weighted by molar-refractivity contribution is 8.02. The smallest absolute Gasteiger partial charge is 0.263 e. The molecular weight excluding hydrogens is 398 g/mol. The van der Waals surface area contributed by atoms with E-state index in [1.54, 1.807) is 32.7 Å². The second kappa shape index (κ2) is 9.37. The van der Waals surface area contributed by atoms with Crippen LogP contribution in [0.5, 0.6) is 23.1 Å². The third-order valence-corrected chi connectivity index (χ3v) is 4.89. The van der Waals surface area contributed by atoms with E-state index in [1.807, 2.05) is 18.2 Å². The monoisotopic (exact) mass is 419 g/mol. The highest BCUT2D eigenvalue weighted by Crippen LogP contribution is 2.44. The van der Waals surface area contributed by atoms with Crippen LogP contribution < -0.4 is 24.3 Å². The van der Waals surface area contributed by atoms with Crippen molar-refractivity contribution in [1.82, 2.24) is 10.3 Å². The second-order valence-electron chi connectivity index (χ2n) is 6.01. The minimum atomic E-state index is -0.489. The Hall–Kier alpha value is -3.14. The van der Waals surface area contributed by atoms with Crippen LogP contribution in [0.1, 0.15) is 17.2 Å². The molecule has 0 aliphatic carbocycles. The summed E-state index contributed by atoms with van der Waals surface area (Å²) >= 11 is 1.26. The molecule has 9 nitrogen and oxygen atoms in total. The third kappa shape index (κ3) is 5.02. The summed E-state index contributed by atoms with van der Waals surface area (Å²) in [5, 5.41) is 14.1. The molecule has 2 aromatic rings. The minimum absolute atomic E-state index is 0.318. The fraction of sp³-hybridized carbons (Fsp3) is 0.316. The zero-order valence-corrected chi connectivity index (χ0v) is 17.0. The lowest BCUT2D eigenvalue weighted by Gasteiger charge is -2.28. The lowest BCUT2D eigenvalue weighted by Crippen LogP contribution is -2.22. The zero-order chi connectivity index (χ0) is 20.8. The molecule has 29 heavy (non-hydrogen) atoms. The molecule has 3 rings (SSSR count). The van der Waals surface area contributed by atoms with E-state index in [4.69, 9.17) is 18.9 Å². The first kappa shape index (κ1) is 20.6. The molecule has 1 N–H and O–H groups in total. The number of hydrogen-bond donors (Lipinski definition) is 1. The van der Waals surface area contributed by atoms with Crippen LogP contribution in [-0.2, 0) is 6.54 Å². The van der Waals surface area contributed by atoms with Gasteiger partial charge in [0.05, 0.1) is 19.1 Å². The van der Waals surface area contributed by atoms with Gasteiger partial charge in [-0.25, -0.2) is 4.98 Å². The van der Waals surface area contributed by atoms with Gasteiger partial charge < -0.3 is 24.3 Å². The van der Waals surface area contributed by atoms with Crippen molar-refractivity contribution >= 4 is 11.8 Å². The van der Waals surface area contributed by atoms with E-state index in [0.717, 1.165) is 17.3 Å². The van der Waals surface area contributed by atoms with Gasteiger partial charge in [0, 0.05) is 24.4 Å². The standard InChI is InChI=1S/C19H21N3O6S/c1-25-14-6-12(8-21-18(29-3)10-22(23)24)7-15-19(14)28-16(11-27-15)13-4-5-17(26-2)20-9-13/h4-7,9-10,16,21H,8,11H2,1-3H3/b18-10-.